The van der Waals surface area contributed by atoms with Gasteiger partial charge in [0.2, 0.25) is 0 Å². The van der Waals surface area contributed by atoms with Crippen LogP contribution in [0.2, 0.25) is 0 Å². The summed E-state index contributed by atoms with van der Waals surface area (Å²) in [6, 6.07) is 0.265. The highest BCUT2D eigenvalue weighted by molar-refractivity contribution is 7.98. The lowest BCUT2D eigenvalue weighted by atomic mass is 10.1. The van der Waals surface area contributed by atoms with Crippen molar-refractivity contribution in [2.75, 3.05) is 18.7 Å². The highest BCUT2D eigenvalue weighted by atomic mass is 32.2. The molecule has 0 aromatic carbocycles. The maximum absolute atomic E-state index is 11.6. The Morgan fingerprint density at radius 3 is 2.70 bits per heavy atom. The van der Waals surface area contributed by atoms with Crippen molar-refractivity contribution >= 4 is 11.8 Å². The smallest absolute Gasteiger partial charge is 0.0894 e. The number of thioether (sulfide) groups is 1. The summed E-state index contributed by atoms with van der Waals surface area (Å²) < 4.78 is 11.6. The first-order valence-electron chi connectivity index (χ1n) is 3.61. The Bertz CT molecular complexity index is 70.6. The molecule has 10 heavy (non-hydrogen) atoms. The van der Waals surface area contributed by atoms with Crippen LogP contribution in [-0.4, -0.2) is 24.7 Å². The third-order valence-corrected chi connectivity index (χ3v) is 2.10. The molecule has 0 spiro atoms. The van der Waals surface area contributed by atoms with Crippen LogP contribution >= 0.6 is 11.8 Å². The minimum atomic E-state index is -0.202. The second-order valence-corrected chi connectivity index (χ2v) is 3.31. The largest absolute Gasteiger partial charge is 0.327 e. The molecule has 0 radical (unpaired) electrons. The minimum Gasteiger partial charge on any atom is -0.327 e. The van der Waals surface area contributed by atoms with Crippen molar-refractivity contribution in [3.05, 3.63) is 0 Å². The van der Waals surface area contributed by atoms with Crippen molar-refractivity contribution < 1.29 is 4.39 Å². The third kappa shape index (κ3) is 6.36. The molecule has 0 fully saturated rings. The molecule has 0 aromatic heterocycles. The molecule has 1 nitrogen and oxygen atoms in total. The third-order valence-electron chi connectivity index (χ3n) is 1.34. The Labute approximate surface area is 66.6 Å². The number of hydrogen-bond acceptors (Lipinski definition) is 2. The van der Waals surface area contributed by atoms with E-state index in [2.05, 4.69) is 0 Å². The Morgan fingerprint density at radius 2 is 2.20 bits per heavy atom. The molecule has 3 heteroatoms. The van der Waals surface area contributed by atoms with Gasteiger partial charge in [-0.1, -0.05) is 0 Å². The Balaban J connectivity index is 2.97. The van der Waals surface area contributed by atoms with E-state index in [0.717, 1.165) is 18.6 Å². The summed E-state index contributed by atoms with van der Waals surface area (Å²) in [5.74, 6) is 0.992. The van der Waals surface area contributed by atoms with Gasteiger partial charge >= 0.3 is 0 Å². The topological polar surface area (TPSA) is 26.0 Å². The van der Waals surface area contributed by atoms with E-state index < -0.39 is 0 Å². The molecule has 0 rings (SSSR count). The van der Waals surface area contributed by atoms with Crippen LogP contribution in [0.1, 0.15) is 19.3 Å². The lowest BCUT2D eigenvalue weighted by molar-refractivity contribution is 0.449. The number of hydrogen-bond donors (Lipinski definition) is 1. The predicted molar refractivity (Wildman–Crippen MR) is 46.2 cm³/mol. The van der Waals surface area contributed by atoms with Crippen LogP contribution in [0, 0.1) is 0 Å². The second kappa shape index (κ2) is 7.35. The quantitative estimate of drug-likeness (QED) is 0.607. The number of alkyl halides is 1. The van der Waals surface area contributed by atoms with Crippen LogP contribution in [-0.2, 0) is 0 Å². The number of halogens is 1. The lowest BCUT2D eigenvalue weighted by Crippen LogP contribution is -2.22. The number of rotatable bonds is 6. The van der Waals surface area contributed by atoms with Gasteiger partial charge in [0, 0.05) is 11.8 Å². The Hall–Kier alpha value is 0.240. The second-order valence-electron chi connectivity index (χ2n) is 2.40. The molecule has 0 amide bonds. The van der Waals surface area contributed by atoms with Crippen molar-refractivity contribution in [3.63, 3.8) is 0 Å². The zero-order chi connectivity index (χ0) is 7.82. The van der Waals surface area contributed by atoms with Gasteiger partial charge in [0.05, 0.1) is 6.67 Å². The molecule has 0 heterocycles. The van der Waals surface area contributed by atoms with Gasteiger partial charge < -0.3 is 5.73 Å². The predicted octanol–water partition coefficient (Wildman–Crippen LogP) is 1.82. The van der Waals surface area contributed by atoms with Crippen molar-refractivity contribution in [1.82, 2.24) is 0 Å². The fourth-order valence-electron chi connectivity index (χ4n) is 0.798. The van der Waals surface area contributed by atoms with Gasteiger partial charge in [-0.25, -0.2) is 0 Å². The summed E-state index contributed by atoms with van der Waals surface area (Å²) >= 11 is 1.75. The zero-order valence-electron chi connectivity index (χ0n) is 6.48. The molecule has 0 bridgehead atoms. The molecule has 0 aliphatic heterocycles. The highest BCUT2D eigenvalue weighted by Crippen LogP contribution is 2.03. The molecular formula is C7H16FNS. The van der Waals surface area contributed by atoms with E-state index in [1.54, 1.807) is 11.8 Å². The van der Waals surface area contributed by atoms with Gasteiger partial charge in [-0.05, 0) is 25.5 Å². The maximum atomic E-state index is 11.6. The van der Waals surface area contributed by atoms with E-state index in [4.69, 9.17) is 5.73 Å². The first kappa shape index (κ1) is 10.2. The monoisotopic (exact) mass is 165 g/mol. The van der Waals surface area contributed by atoms with Crippen LogP contribution < -0.4 is 5.73 Å². The van der Waals surface area contributed by atoms with Gasteiger partial charge in [-0.2, -0.15) is 11.8 Å². The van der Waals surface area contributed by atoms with Gasteiger partial charge in [0.25, 0.3) is 0 Å². The zero-order valence-corrected chi connectivity index (χ0v) is 7.29. The fourth-order valence-corrected chi connectivity index (χ4v) is 1.39. The van der Waals surface area contributed by atoms with E-state index in [9.17, 15) is 4.39 Å². The van der Waals surface area contributed by atoms with Crippen LogP contribution in [0.15, 0.2) is 0 Å². The molecule has 2 N–H and O–H groups in total. The van der Waals surface area contributed by atoms with Crippen LogP contribution in [0.5, 0.6) is 0 Å². The first-order valence-corrected chi connectivity index (χ1v) is 5.01. The van der Waals surface area contributed by atoms with Crippen molar-refractivity contribution in [2.45, 2.75) is 25.3 Å². The van der Waals surface area contributed by atoms with Crippen molar-refractivity contribution in [2.24, 2.45) is 5.73 Å². The molecule has 1 unspecified atom stereocenters. The standard InChI is InChI=1S/C7H16FNS/c1-10-6-7(9)4-2-3-5-8/h7H,2-6,9H2,1H3. The number of unbranched alkanes of at least 4 members (excludes halogenated alkanes) is 1. The molecule has 0 saturated heterocycles. The SMILES string of the molecule is CSCC(N)CCCCF. The summed E-state index contributed by atoms with van der Waals surface area (Å²) in [5.41, 5.74) is 5.68. The van der Waals surface area contributed by atoms with Crippen LogP contribution in [0.3, 0.4) is 0 Å². The van der Waals surface area contributed by atoms with Crippen molar-refractivity contribution in [1.29, 1.82) is 0 Å². The van der Waals surface area contributed by atoms with Gasteiger partial charge in [0.15, 0.2) is 0 Å². The normalized spacial score (nSPS) is 13.5. The summed E-state index contributed by atoms with van der Waals surface area (Å²) in [4.78, 5) is 0. The summed E-state index contributed by atoms with van der Waals surface area (Å²) in [6.45, 7) is -0.202. The molecule has 1 atom stereocenters. The van der Waals surface area contributed by atoms with Gasteiger partial charge in [-0.3, -0.25) is 4.39 Å². The average Bonchev–Trinajstić information content (AvgIpc) is 1.89. The maximum Gasteiger partial charge on any atom is 0.0894 e. The fraction of sp³-hybridized carbons (Fsp3) is 1.00. The Kier molecular flexibility index (Phi) is 7.52. The van der Waals surface area contributed by atoms with E-state index >= 15 is 0 Å². The summed E-state index contributed by atoms with van der Waals surface area (Å²) in [6.07, 6.45) is 4.60. The Morgan fingerprint density at radius 1 is 1.50 bits per heavy atom. The van der Waals surface area contributed by atoms with E-state index in [0.29, 0.717) is 6.42 Å². The van der Waals surface area contributed by atoms with E-state index in [1.807, 2.05) is 6.26 Å². The van der Waals surface area contributed by atoms with Crippen molar-refractivity contribution in [3.8, 4) is 0 Å². The highest BCUT2D eigenvalue weighted by Gasteiger charge is 1.99. The first-order chi connectivity index (χ1) is 4.81. The van der Waals surface area contributed by atoms with E-state index in [-0.39, 0.29) is 12.7 Å². The average molecular weight is 165 g/mol. The molecule has 0 aliphatic carbocycles. The van der Waals surface area contributed by atoms with E-state index in [1.165, 1.54) is 0 Å². The molecule has 62 valence electrons. The minimum absolute atomic E-state index is 0.202. The summed E-state index contributed by atoms with van der Waals surface area (Å²) in [5, 5.41) is 0. The lowest BCUT2D eigenvalue weighted by Gasteiger charge is -2.07. The molecular weight excluding hydrogens is 149 g/mol. The van der Waals surface area contributed by atoms with Crippen LogP contribution in [0.25, 0.3) is 0 Å². The molecule has 0 aromatic rings. The molecule has 0 aliphatic rings. The van der Waals surface area contributed by atoms with Crippen LogP contribution in [0.4, 0.5) is 4.39 Å². The van der Waals surface area contributed by atoms with Gasteiger partial charge in [0.1, 0.15) is 0 Å². The molecule has 0 saturated carbocycles. The van der Waals surface area contributed by atoms with Gasteiger partial charge in [-0.15, -0.1) is 0 Å². The number of nitrogens with two attached hydrogens (primary N) is 1. The summed E-state index contributed by atoms with van der Waals surface area (Å²) in [7, 11) is 0.